The largest absolute Gasteiger partial charge is 0.508 e. The van der Waals surface area contributed by atoms with Crippen LogP contribution in [0, 0.1) is 0 Å². The van der Waals surface area contributed by atoms with Gasteiger partial charge in [0, 0.05) is 0 Å². The van der Waals surface area contributed by atoms with Crippen LogP contribution >= 0.6 is 0 Å². The zero-order chi connectivity index (χ0) is 16.3. The fourth-order valence-corrected chi connectivity index (χ4v) is 2.20. The summed E-state index contributed by atoms with van der Waals surface area (Å²) in [5.41, 5.74) is 0. The molecule has 0 bridgehead atoms. The number of ether oxygens (including phenoxy) is 2. The van der Waals surface area contributed by atoms with Gasteiger partial charge in [0.05, 0.1) is 13.2 Å². The number of hydrogen-bond acceptors (Lipinski definition) is 4. The second kappa shape index (κ2) is 9.62. The second-order valence-electron chi connectivity index (χ2n) is 5.45. The molecule has 4 heteroatoms. The first-order chi connectivity index (χ1) is 11.2. The predicted octanol–water partition coefficient (Wildman–Crippen LogP) is 4.51. The number of aromatic hydroxyl groups is 2. The number of rotatable bonds is 10. The zero-order valence-electron chi connectivity index (χ0n) is 13.3. The summed E-state index contributed by atoms with van der Waals surface area (Å²) in [6.07, 6.45) is 5.49. The second-order valence-corrected chi connectivity index (χ2v) is 5.45. The van der Waals surface area contributed by atoms with E-state index in [1.165, 1.54) is 0 Å². The molecule has 0 amide bonds. The first kappa shape index (κ1) is 17.0. The highest BCUT2D eigenvalue weighted by molar-refractivity contribution is 5.30. The molecule has 124 valence electrons. The molecule has 0 saturated carbocycles. The molecule has 2 aromatic carbocycles. The summed E-state index contributed by atoms with van der Waals surface area (Å²) in [6, 6.07) is 13.6. The molecule has 0 aromatic heterocycles. The van der Waals surface area contributed by atoms with Gasteiger partial charge in [0.1, 0.15) is 23.0 Å². The van der Waals surface area contributed by atoms with Crippen molar-refractivity contribution in [1.29, 1.82) is 0 Å². The monoisotopic (exact) mass is 316 g/mol. The van der Waals surface area contributed by atoms with Crippen LogP contribution in [0.3, 0.4) is 0 Å². The maximum atomic E-state index is 9.18. The molecule has 0 spiro atoms. The Balaban J connectivity index is 1.43. The maximum absolute atomic E-state index is 9.18. The molecular weight excluding hydrogens is 292 g/mol. The Labute approximate surface area is 137 Å². The van der Waals surface area contributed by atoms with E-state index in [0.717, 1.165) is 43.6 Å². The quantitative estimate of drug-likeness (QED) is 0.633. The van der Waals surface area contributed by atoms with Crippen LogP contribution in [-0.4, -0.2) is 23.4 Å². The fourth-order valence-electron chi connectivity index (χ4n) is 2.20. The molecule has 0 aliphatic rings. The average molecular weight is 316 g/mol. The summed E-state index contributed by atoms with van der Waals surface area (Å²) >= 11 is 0. The lowest BCUT2D eigenvalue weighted by Crippen LogP contribution is -1.99. The van der Waals surface area contributed by atoms with E-state index in [1.54, 1.807) is 48.5 Å². The van der Waals surface area contributed by atoms with E-state index in [4.69, 9.17) is 9.47 Å². The van der Waals surface area contributed by atoms with Crippen LogP contribution < -0.4 is 9.47 Å². The van der Waals surface area contributed by atoms with Crippen molar-refractivity contribution in [3.63, 3.8) is 0 Å². The Bertz CT molecular complexity index is 497. The molecule has 0 atom stereocenters. The van der Waals surface area contributed by atoms with Crippen molar-refractivity contribution in [3.8, 4) is 23.0 Å². The first-order valence-corrected chi connectivity index (χ1v) is 8.08. The number of hydrogen-bond donors (Lipinski definition) is 2. The van der Waals surface area contributed by atoms with Crippen LogP contribution in [0.5, 0.6) is 23.0 Å². The van der Waals surface area contributed by atoms with Gasteiger partial charge in [-0.05, 0) is 61.4 Å². The Morgan fingerprint density at radius 2 is 0.870 bits per heavy atom. The van der Waals surface area contributed by atoms with Gasteiger partial charge in [-0.25, -0.2) is 0 Å². The maximum Gasteiger partial charge on any atom is 0.119 e. The van der Waals surface area contributed by atoms with Gasteiger partial charge in [0.2, 0.25) is 0 Å². The van der Waals surface area contributed by atoms with Crippen molar-refractivity contribution < 1.29 is 19.7 Å². The summed E-state index contributed by atoms with van der Waals surface area (Å²) in [4.78, 5) is 0. The third kappa shape index (κ3) is 6.96. The Morgan fingerprint density at radius 1 is 0.522 bits per heavy atom. The number of phenolic OH excluding ortho intramolecular Hbond substituents is 2. The number of unbranched alkanes of at least 4 members (excludes halogenated alkanes) is 4. The van der Waals surface area contributed by atoms with Crippen molar-refractivity contribution >= 4 is 0 Å². The van der Waals surface area contributed by atoms with E-state index in [9.17, 15) is 10.2 Å². The summed E-state index contributed by atoms with van der Waals surface area (Å²) in [7, 11) is 0. The molecule has 0 saturated heterocycles. The first-order valence-electron chi connectivity index (χ1n) is 8.08. The van der Waals surface area contributed by atoms with E-state index >= 15 is 0 Å². The predicted molar refractivity (Wildman–Crippen MR) is 90.3 cm³/mol. The van der Waals surface area contributed by atoms with Gasteiger partial charge in [-0.15, -0.1) is 0 Å². The van der Waals surface area contributed by atoms with Gasteiger partial charge in [-0.3, -0.25) is 0 Å². The van der Waals surface area contributed by atoms with Crippen molar-refractivity contribution in [2.75, 3.05) is 13.2 Å². The van der Waals surface area contributed by atoms with Crippen LogP contribution in [0.15, 0.2) is 48.5 Å². The van der Waals surface area contributed by atoms with Crippen molar-refractivity contribution in [1.82, 2.24) is 0 Å². The molecule has 4 nitrogen and oxygen atoms in total. The Kier molecular flexibility index (Phi) is 7.11. The highest BCUT2D eigenvalue weighted by atomic mass is 16.5. The van der Waals surface area contributed by atoms with Crippen LogP contribution in [0.1, 0.15) is 32.1 Å². The molecular formula is C19H24O4. The van der Waals surface area contributed by atoms with Gasteiger partial charge in [0.15, 0.2) is 0 Å². The van der Waals surface area contributed by atoms with E-state index in [-0.39, 0.29) is 11.5 Å². The minimum absolute atomic E-state index is 0.256. The summed E-state index contributed by atoms with van der Waals surface area (Å²) in [6.45, 7) is 1.41. The van der Waals surface area contributed by atoms with E-state index in [2.05, 4.69) is 0 Å². The SMILES string of the molecule is Oc1ccc(OCCCCCCCOc2ccc(O)cc2)cc1. The highest BCUT2D eigenvalue weighted by Crippen LogP contribution is 2.17. The van der Waals surface area contributed by atoms with Gasteiger partial charge in [0.25, 0.3) is 0 Å². The lowest BCUT2D eigenvalue weighted by molar-refractivity contribution is 0.293. The van der Waals surface area contributed by atoms with Crippen LogP contribution in [0.2, 0.25) is 0 Å². The molecule has 2 rings (SSSR count). The third-order valence-corrected chi connectivity index (χ3v) is 3.50. The van der Waals surface area contributed by atoms with Gasteiger partial charge >= 0.3 is 0 Å². The number of phenols is 2. The molecule has 0 radical (unpaired) electrons. The summed E-state index contributed by atoms with van der Waals surface area (Å²) in [5.74, 6) is 2.11. The fraction of sp³-hybridized carbons (Fsp3) is 0.368. The molecule has 0 fully saturated rings. The summed E-state index contributed by atoms with van der Waals surface area (Å²) < 4.78 is 11.2. The lowest BCUT2D eigenvalue weighted by Gasteiger charge is -2.07. The highest BCUT2D eigenvalue weighted by Gasteiger charge is 1.97. The molecule has 0 heterocycles. The molecule has 0 aliphatic carbocycles. The minimum atomic E-state index is 0.256. The minimum Gasteiger partial charge on any atom is -0.508 e. The van der Waals surface area contributed by atoms with E-state index < -0.39 is 0 Å². The van der Waals surface area contributed by atoms with Gasteiger partial charge in [-0.1, -0.05) is 19.3 Å². The molecule has 23 heavy (non-hydrogen) atoms. The number of benzene rings is 2. The van der Waals surface area contributed by atoms with E-state index in [1.807, 2.05) is 0 Å². The molecule has 2 aromatic rings. The van der Waals surface area contributed by atoms with Crippen LogP contribution in [0.25, 0.3) is 0 Å². The normalized spacial score (nSPS) is 10.4. The topological polar surface area (TPSA) is 58.9 Å². The van der Waals surface area contributed by atoms with Crippen molar-refractivity contribution in [2.24, 2.45) is 0 Å². The lowest BCUT2D eigenvalue weighted by atomic mass is 10.1. The third-order valence-electron chi connectivity index (χ3n) is 3.50. The smallest absolute Gasteiger partial charge is 0.119 e. The Hall–Kier alpha value is -2.36. The van der Waals surface area contributed by atoms with Crippen LogP contribution in [-0.2, 0) is 0 Å². The van der Waals surface area contributed by atoms with Crippen molar-refractivity contribution in [2.45, 2.75) is 32.1 Å². The standard InChI is InChI=1S/C19H24O4/c20-16-6-10-18(11-7-16)22-14-4-2-1-3-5-15-23-19-12-8-17(21)9-13-19/h6-13,20-21H,1-5,14-15H2. The van der Waals surface area contributed by atoms with Crippen molar-refractivity contribution in [3.05, 3.63) is 48.5 Å². The average Bonchev–Trinajstić information content (AvgIpc) is 2.56. The summed E-state index contributed by atoms with van der Waals surface area (Å²) in [5, 5.41) is 18.4. The van der Waals surface area contributed by atoms with E-state index in [0.29, 0.717) is 13.2 Å². The van der Waals surface area contributed by atoms with Gasteiger partial charge in [-0.2, -0.15) is 0 Å². The zero-order valence-corrected chi connectivity index (χ0v) is 13.3. The molecule has 0 unspecified atom stereocenters. The molecule has 0 aliphatic heterocycles. The van der Waals surface area contributed by atoms with Crippen LogP contribution in [0.4, 0.5) is 0 Å². The molecule has 2 N–H and O–H groups in total. The Morgan fingerprint density at radius 3 is 1.26 bits per heavy atom. The van der Waals surface area contributed by atoms with Gasteiger partial charge < -0.3 is 19.7 Å².